The number of amides is 1. The molecule has 3 heterocycles. The number of hydrogen-bond donors (Lipinski definition) is 1. The molecule has 2 aromatic carbocycles. The third-order valence-electron chi connectivity index (χ3n) is 7.45. The van der Waals surface area contributed by atoms with E-state index in [0.29, 0.717) is 47.9 Å². The first-order valence-electron chi connectivity index (χ1n) is 13.3. The highest BCUT2D eigenvalue weighted by Gasteiger charge is 2.39. The molecule has 2 aromatic heterocycles. The summed E-state index contributed by atoms with van der Waals surface area (Å²) < 4.78 is 29.6. The quantitative estimate of drug-likeness (QED) is 0.350. The van der Waals surface area contributed by atoms with Crippen molar-refractivity contribution in [1.29, 1.82) is 5.26 Å². The summed E-state index contributed by atoms with van der Waals surface area (Å²) in [6.45, 7) is 0.976. The number of nitriles is 1. The van der Waals surface area contributed by atoms with Gasteiger partial charge in [0.15, 0.2) is 5.13 Å². The molecule has 8 nitrogen and oxygen atoms in total. The first-order chi connectivity index (χ1) is 19.3. The SMILES string of the molecule is N#Cc1ccc(-c2cn(Cc3cccc(C(=O)Nc4nc5c(s4)CC(N4CCCC(F)(F)C4)CC5)c3)nn2)cc1. The van der Waals surface area contributed by atoms with Crippen LogP contribution >= 0.6 is 11.3 Å². The van der Waals surface area contributed by atoms with Crippen LogP contribution in [-0.4, -0.2) is 55.8 Å². The Balaban J connectivity index is 1.09. The van der Waals surface area contributed by atoms with Gasteiger partial charge in [-0.3, -0.25) is 15.0 Å². The standard InChI is InChI=1S/C29H27F2N7OS/c30-29(31)11-2-12-37(18-29)23-9-10-24-26(14-23)40-28(33-24)34-27(39)22-4-1-3-20(13-22)16-38-17-25(35-36-38)21-7-5-19(15-32)6-8-21/h1,3-8,13,17,23H,2,9-12,14,16,18H2,(H,33,34,39). The summed E-state index contributed by atoms with van der Waals surface area (Å²) in [4.78, 5) is 20.7. The zero-order valence-electron chi connectivity index (χ0n) is 21.7. The lowest BCUT2D eigenvalue weighted by Gasteiger charge is -2.39. The monoisotopic (exact) mass is 559 g/mol. The van der Waals surface area contributed by atoms with Crippen LogP contribution in [0.5, 0.6) is 0 Å². The smallest absolute Gasteiger partial charge is 0.260 e. The first kappa shape index (κ1) is 26.2. The van der Waals surface area contributed by atoms with Crippen molar-refractivity contribution in [3.8, 4) is 17.3 Å². The van der Waals surface area contributed by atoms with Crippen LogP contribution < -0.4 is 5.32 Å². The number of likely N-dealkylation sites (tertiary alicyclic amines) is 1. The third-order valence-corrected chi connectivity index (χ3v) is 8.49. The number of rotatable bonds is 6. The summed E-state index contributed by atoms with van der Waals surface area (Å²) in [5.74, 6) is -2.86. The predicted molar refractivity (Wildman–Crippen MR) is 147 cm³/mol. The van der Waals surface area contributed by atoms with Gasteiger partial charge in [0.2, 0.25) is 0 Å². The number of benzene rings is 2. The van der Waals surface area contributed by atoms with E-state index in [0.717, 1.165) is 34.5 Å². The molecule has 4 aromatic rings. The number of nitrogens with zero attached hydrogens (tertiary/aromatic N) is 6. The number of halogens is 2. The van der Waals surface area contributed by atoms with Gasteiger partial charge >= 0.3 is 0 Å². The van der Waals surface area contributed by atoms with Crippen molar-refractivity contribution in [2.24, 2.45) is 0 Å². The molecule has 1 aliphatic carbocycles. The molecule has 6 rings (SSSR count). The summed E-state index contributed by atoms with van der Waals surface area (Å²) >= 11 is 1.44. The maximum Gasteiger partial charge on any atom is 0.260 e. The highest BCUT2D eigenvalue weighted by molar-refractivity contribution is 7.15. The second-order valence-electron chi connectivity index (χ2n) is 10.4. The van der Waals surface area contributed by atoms with Gasteiger partial charge in [0.25, 0.3) is 11.8 Å². The zero-order valence-corrected chi connectivity index (χ0v) is 22.5. The number of thiazole rings is 1. The molecule has 0 bridgehead atoms. The van der Waals surface area contributed by atoms with Crippen LogP contribution in [0.1, 0.15) is 51.3 Å². The second-order valence-corrected chi connectivity index (χ2v) is 11.4. The van der Waals surface area contributed by atoms with E-state index in [9.17, 15) is 13.6 Å². The molecule has 0 radical (unpaired) electrons. The number of aryl methyl sites for hydroxylation is 1. The van der Waals surface area contributed by atoms with Crippen LogP contribution in [0.4, 0.5) is 13.9 Å². The van der Waals surface area contributed by atoms with Gasteiger partial charge in [0.1, 0.15) is 5.69 Å². The Morgan fingerprint density at radius 2 is 2.08 bits per heavy atom. The highest BCUT2D eigenvalue weighted by atomic mass is 32.1. The van der Waals surface area contributed by atoms with Crippen molar-refractivity contribution < 1.29 is 13.6 Å². The van der Waals surface area contributed by atoms with Crippen LogP contribution in [-0.2, 0) is 19.4 Å². The van der Waals surface area contributed by atoms with Gasteiger partial charge < -0.3 is 0 Å². The summed E-state index contributed by atoms with van der Waals surface area (Å²) in [5, 5.41) is 20.9. The molecule has 1 amide bonds. The lowest BCUT2D eigenvalue weighted by molar-refractivity contribution is -0.0761. The van der Waals surface area contributed by atoms with Crippen molar-refractivity contribution in [2.75, 3.05) is 18.4 Å². The fourth-order valence-electron chi connectivity index (χ4n) is 5.42. The average molecular weight is 560 g/mol. The molecule has 1 saturated heterocycles. The number of carbonyl (C=O) groups is 1. The number of hydrogen-bond acceptors (Lipinski definition) is 7. The Bertz CT molecular complexity index is 1570. The van der Waals surface area contributed by atoms with Crippen molar-refractivity contribution in [3.63, 3.8) is 0 Å². The second kappa shape index (κ2) is 10.9. The number of carbonyl (C=O) groups excluding carboxylic acids is 1. The normalized spacial score (nSPS) is 18.6. The van der Waals surface area contributed by atoms with Crippen molar-refractivity contribution in [3.05, 3.63) is 82.0 Å². The molecule has 1 N–H and O–H groups in total. The van der Waals surface area contributed by atoms with E-state index in [-0.39, 0.29) is 24.9 Å². The minimum atomic E-state index is -2.61. The van der Waals surface area contributed by atoms with Gasteiger partial charge in [0.05, 0.1) is 36.6 Å². The average Bonchev–Trinajstić information content (AvgIpc) is 3.59. The highest BCUT2D eigenvalue weighted by Crippen LogP contribution is 2.35. The number of fused-ring (bicyclic) bond motifs is 1. The van der Waals surface area contributed by atoms with Crippen LogP contribution in [0.3, 0.4) is 0 Å². The van der Waals surface area contributed by atoms with E-state index in [1.165, 1.54) is 11.3 Å². The van der Waals surface area contributed by atoms with Gasteiger partial charge in [-0.1, -0.05) is 29.5 Å². The number of alkyl halides is 2. The topological polar surface area (TPSA) is 99.7 Å². The van der Waals surface area contributed by atoms with Crippen LogP contribution in [0.15, 0.2) is 54.7 Å². The Morgan fingerprint density at radius 1 is 1.23 bits per heavy atom. The Hall–Kier alpha value is -4.01. The molecular weight excluding hydrogens is 532 g/mol. The Kier molecular flexibility index (Phi) is 7.12. The molecule has 40 heavy (non-hydrogen) atoms. The van der Waals surface area contributed by atoms with Crippen LogP contribution in [0.25, 0.3) is 11.3 Å². The maximum absolute atomic E-state index is 13.9. The van der Waals surface area contributed by atoms with Gasteiger partial charge in [-0.05, 0) is 62.1 Å². The molecule has 0 spiro atoms. The molecule has 1 fully saturated rings. The fraction of sp³-hybridized carbons (Fsp3) is 0.345. The van der Waals surface area contributed by atoms with Gasteiger partial charge in [0, 0.05) is 28.5 Å². The molecule has 204 valence electrons. The lowest BCUT2D eigenvalue weighted by atomic mass is 9.94. The third kappa shape index (κ3) is 5.78. The maximum atomic E-state index is 13.9. The van der Waals surface area contributed by atoms with E-state index < -0.39 is 5.92 Å². The van der Waals surface area contributed by atoms with Gasteiger partial charge in [-0.2, -0.15) is 5.26 Å². The number of piperidine rings is 1. The molecule has 2 aliphatic rings. The minimum absolute atomic E-state index is 0.0299. The minimum Gasteiger partial charge on any atom is -0.298 e. The summed E-state index contributed by atoms with van der Waals surface area (Å²) in [5.41, 5.74) is 4.50. The van der Waals surface area contributed by atoms with Crippen molar-refractivity contribution >= 4 is 22.4 Å². The predicted octanol–water partition coefficient (Wildman–Crippen LogP) is 5.16. The van der Waals surface area contributed by atoms with Gasteiger partial charge in [-0.15, -0.1) is 16.4 Å². The summed E-state index contributed by atoms with van der Waals surface area (Å²) in [7, 11) is 0. The number of nitrogens with one attached hydrogen (secondary N) is 1. The molecule has 1 aliphatic heterocycles. The molecule has 1 atom stereocenters. The van der Waals surface area contributed by atoms with E-state index in [4.69, 9.17) is 5.26 Å². The van der Waals surface area contributed by atoms with Crippen molar-refractivity contribution in [1.82, 2.24) is 24.9 Å². The van der Waals surface area contributed by atoms with E-state index in [1.807, 2.05) is 41.4 Å². The fourth-order valence-corrected chi connectivity index (χ4v) is 6.50. The van der Waals surface area contributed by atoms with Gasteiger partial charge in [-0.25, -0.2) is 18.4 Å². The summed E-state index contributed by atoms with van der Waals surface area (Å²) in [6, 6.07) is 16.7. The van der Waals surface area contributed by atoms with E-state index >= 15 is 0 Å². The molecule has 0 saturated carbocycles. The molecule has 1 unspecified atom stereocenters. The molecule has 11 heteroatoms. The van der Waals surface area contributed by atoms with E-state index in [2.05, 4.69) is 26.7 Å². The van der Waals surface area contributed by atoms with Crippen LogP contribution in [0, 0.1) is 11.3 Å². The number of anilines is 1. The van der Waals surface area contributed by atoms with E-state index in [1.54, 1.807) is 22.9 Å². The largest absolute Gasteiger partial charge is 0.298 e. The summed E-state index contributed by atoms with van der Waals surface area (Å²) in [6.07, 6.45) is 4.54. The number of aromatic nitrogens is 4. The van der Waals surface area contributed by atoms with Crippen LogP contribution in [0.2, 0.25) is 0 Å². The molecular formula is C29H27F2N7OS. The zero-order chi connectivity index (χ0) is 27.7. The van der Waals surface area contributed by atoms with Crippen molar-refractivity contribution in [2.45, 2.75) is 50.6 Å². The first-order valence-corrected chi connectivity index (χ1v) is 14.1. The lowest BCUT2D eigenvalue weighted by Crippen LogP contribution is -2.49. The Morgan fingerprint density at radius 3 is 2.88 bits per heavy atom. The Labute approximate surface area is 234 Å².